The molecule has 30 heavy (non-hydrogen) atoms. The molecule has 7 heteroatoms. The van der Waals surface area contributed by atoms with Gasteiger partial charge in [0.05, 0.1) is 6.54 Å². The van der Waals surface area contributed by atoms with Crippen LogP contribution in [0.25, 0.3) is 0 Å². The molecule has 2 aliphatic heterocycles. The Morgan fingerprint density at radius 3 is 2.60 bits per heavy atom. The molecule has 3 rings (SSSR count). The summed E-state index contributed by atoms with van der Waals surface area (Å²) in [5, 5.41) is 3.42. The fourth-order valence-electron chi connectivity index (χ4n) is 3.96. The third-order valence-electron chi connectivity index (χ3n) is 5.83. The Morgan fingerprint density at radius 1 is 1.20 bits per heavy atom. The Labute approximate surface area is 181 Å². The van der Waals surface area contributed by atoms with Gasteiger partial charge in [-0.25, -0.2) is 4.99 Å². The van der Waals surface area contributed by atoms with Gasteiger partial charge in [-0.15, -0.1) is 0 Å². The molecule has 1 aromatic carbocycles. The van der Waals surface area contributed by atoms with Crippen LogP contribution in [0.5, 0.6) is 0 Å². The van der Waals surface area contributed by atoms with Crippen molar-refractivity contribution in [3.05, 3.63) is 35.4 Å². The van der Waals surface area contributed by atoms with Crippen molar-refractivity contribution in [2.24, 2.45) is 4.99 Å². The van der Waals surface area contributed by atoms with E-state index in [9.17, 15) is 4.79 Å². The molecule has 1 atom stereocenters. The normalized spacial score (nSPS) is 20.1. The first-order valence-corrected chi connectivity index (χ1v) is 11.3. The Balaban J connectivity index is 1.57. The summed E-state index contributed by atoms with van der Waals surface area (Å²) < 4.78 is 5.57. The van der Waals surface area contributed by atoms with Gasteiger partial charge in [0, 0.05) is 45.9 Å². The molecule has 0 aromatic heterocycles. The van der Waals surface area contributed by atoms with Crippen molar-refractivity contribution in [3.63, 3.8) is 0 Å². The molecule has 1 N–H and O–H groups in total. The van der Waals surface area contributed by atoms with E-state index >= 15 is 0 Å². The summed E-state index contributed by atoms with van der Waals surface area (Å²) in [5.41, 5.74) is 2.54. The van der Waals surface area contributed by atoms with Crippen LogP contribution in [0.2, 0.25) is 0 Å². The fourth-order valence-corrected chi connectivity index (χ4v) is 3.96. The number of ether oxygens (including phenoxy) is 1. The summed E-state index contributed by atoms with van der Waals surface area (Å²) in [4.78, 5) is 24.0. The first-order chi connectivity index (χ1) is 14.6. The summed E-state index contributed by atoms with van der Waals surface area (Å²) in [7, 11) is 2.14. The van der Waals surface area contributed by atoms with Gasteiger partial charge in [0.25, 0.3) is 5.91 Å². The number of rotatable bonds is 7. The van der Waals surface area contributed by atoms with E-state index < -0.39 is 0 Å². The van der Waals surface area contributed by atoms with Gasteiger partial charge in [-0.1, -0.05) is 31.2 Å². The zero-order valence-corrected chi connectivity index (χ0v) is 18.8. The van der Waals surface area contributed by atoms with Gasteiger partial charge in [0.2, 0.25) is 0 Å². The second-order valence-electron chi connectivity index (χ2n) is 8.13. The molecule has 2 heterocycles. The highest BCUT2D eigenvalue weighted by Gasteiger charge is 2.30. The summed E-state index contributed by atoms with van der Waals surface area (Å²) in [6.07, 6.45) is 1.62. The van der Waals surface area contributed by atoms with E-state index in [1.807, 2.05) is 4.90 Å². The Hall–Kier alpha value is -2.12. The third kappa shape index (κ3) is 6.19. The van der Waals surface area contributed by atoms with Crippen molar-refractivity contribution in [2.45, 2.75) is 45.9 Å². The number of carbonyl (C=O) groups is 1. The predicted molar refractivity (Wildman–Crippen MR) is 120 cm³/mol. The zero-order valence-electron chi connectivity index (χ0n) is 18.8. The third-order valence-corrected chi connectivity index (χ3v) is 5.83. The molecular weight excluding hydrogens is 378 g/mol. The molecule has 0 aliphatic carbocycles. The number of aliphatic imine (C=N–C) groups is 1. The van der Waals surface area contributed by atoms with E-state index in [2.05, 4.69) is 60.3 Å². The van der Waals surface area contributed by atoms with Gasteiger partial charge in [-0.3, -0.25) is 4.79 Å². The van der Waals surface area contributed by atoms with E-state index in [0.717, 1.165) is 64.6 Å². The maximum absolute atomic E-state index is 12.6. The molecule has 2 fully saturated rings. The van der Waals surface area contributed by atoms with Gasteiger partial charge < -0.3 is 24.8 Å². The van der Waals surface area contributed by atoms with Crippen molar-refractivity contribution < 1.29 is 9.53 Å². The summed E-state index contributed by atoms with van der Waals surface area (Å²) in [5.74, 6) is 1.08. The maximum Gasteiger partial charge on any atom is 0.251 e. The molecule has 0 spiro atoms. The molecule has 166 valence electrons. The number of carbonyl (C=O) groups excluding carboxylic acids is 1. The lowest BCUT2D eigenvalue weighted by molar-refractivity contribution is -0.142. The average molecular weight is 416 g/mol. The second-order valence-corrected chi connectivity index (χ2v) is 8.13. The van der Waals surface area contributed by atoms with Crippen LogP contribution in [0.15, 0.2) is 29.3 Å². The molecular formula is C23H37N5O2. The highest BCUT2D eigenvalue weighted by molar-refractivity contribution is 5.82. The minimum absolute atomic E-state index is 0.156. The molecule has 0 radical (unpaired) electrons. The molecule has 1 amide bonds. The van der Waals surface area contributed by atoms with Gasteiger partial charge in [0.15, 0.2) is 5.96 Å². The number of piperazine rings is 1. The largest absolute Gasteiger partial charge is 0.368 e. The topological polar surface area (TPSA) is 60.4 Å². The number of guanidine groups is 1. The molecule has 0 bridgehead atoms. The van der Waals surface area contributed by atoms with Gasteiger partial charge in [-0.2, -0.15) is 0 Å². The van der Waals surface area contributed by atoms with Crippen LogP contribution in [0.1, 0.15) is 37.8 Å². The number of nitrogens with zero attached hydrogens (tertiary/aromatic N) is 4. The van der Waals surface area contributed by atoms with E-state index in [1.54, 1.807) is 0 Å². The molecule has 2 saturated heterocycles. The lowest BCUT2D eigenvalue weighted by atomic mass is 10.1. The molecule has 2 aliphatic rings. The SMILES string of the molecule is CCNC(=NCc1cccc(CN(C)CC)c1)N1CCN(C(=O)C2CCCO2)CC1. The van der Waals surface area contributed by atoms with E-state index in [0.29, 0.717) is 13.2 Å². The zero-order chi connectivity index (χ0) is 21.3. The maximum atomic E-state index is 12.6. The van der Waals surface area contributed by atoms with Gasteiger partial charge in [-0.05, 0) is 44.5 Å². The van der Waals surface area contributed by atoms with Crippen LogP contribution in [0.4, 0.5) is 0 Å². The van der Waals surface area contributed by atoms with Crippen LogP contribution in [-0.4, -0.2) is 85.6 Å². The monoisotopic (exact) mass is 415 g/mol. The predicted octanol–water partition coefficient (Wildman–Crippen LogP) is 1.93. The highest BCUT2D eigenvalue weighted by Crippen LogP contribution is 2.16. The number of benzene rings is 1. The number of amides is 1. The quantitative estimate of drug-likeness (QED) is 0.545. The standard InChI is InChI=1S/C23H37N5O2/c1-4-24-23(25-17-19-8-6-9-20(16-19)18-26(3)5-2)28-13-11-27(12-14-28)22(29)21-10-7-15-30-21/h6,8-9,16,21H,4-5,7,10-15,17-18H2,1-3H3,(H,24,25). The second kappa shape index (κ2) is 11.3. The van der Waals surface area contributed by atoms with E-state index in [1.165, 1.54) is 11.1 Å². The average Bonchev–Trinajstić information content (AvgIpc) is 3.31. The minimum atomic E-state index is -0.225. The first-order valence-electron chi connectivity index (χ1n) is 11.3. The van der Waals surface area contributed by atoms with Crippen molar-refractivity contribution >= 4 is 11.9 Å². The number of nitrogens with one attached hydrogen (secondary N) is 1. The molecule has 0 saturated carbocycles. The highest BCUT2D eigenvalue weighted by atomic mass is 16.5. The van der Waals surface area contributed by atoms with E-state index in [4.69, 9.17) is 9.73 Å². The smallest absolute Gasteiger partial charge is 0.251 e. The van der Waals surface area contributed by atoms with E-state index in [-0.39, 0.29) is 12.0 Å². The van der Waals surface area contributed by atoms with Crippen molar-refractivity contribution in [1.82, 2.24) is 20.0 Å². The summed E-state index contributed by atoms with van der Waals surface area (Å²) >= 11 is 0. The van der Waals surface area contributed by atoms with Crippen LogP contribution in [0.3, 0.4) is 0 Å². The van der Waals surface area contributed by atoms with Crippen LogP contribution >= 0.6 is 0 Å². The van der Waals surface area contributed by atoms with Crippen LogP contribution in [0, 0.1) is 0 Å². The van der Waals surface area contributed by atoms with Crippen molar-refractivity contribution in [1.29, 1.82) is 0 Å². The van der Waals surface area contributed by atoms with Crippen molar-refractivity contribution in [3.8, 4) is 0 Å². The van der Waals surface area contributed by atoms with Crippen LogP contribution in [-0.2, 0) is 22.6 Å². The number of hydrogen-bond acceptors (Lipinski definition) is 4. The Kier molecular flexibility index (Phi) is 8.51. The number of hydrogen-bond donors (Lipinski definition) is 1. The first kappa shape index (κ1) is 22.6. The van der Waals surface area contributed by atoms with Gasteiger partial charge in [0.1, 0.15) is 6.10 Å². The van der Waals surface area contributed by atoms with Crippen molar-refractivity contribution in [2.75, 3.05) is 52.9 Å². The Morgan fingerprint density at radius 2 is 1.93 bits per heavy atom. The molecule has 7 nitrogen and oxygen atoms in total. The van der Waals surface area contributed by atoms with Crippen LogP contribution < -0.4 is 5.32 Å². The summed E-state index contributed by atoms with van der Waals surface area (Å²) in [6.45, 7) is 11.5. The molecule has 1 unspecified atom stereocenters. The van der Waals surface area contributed by atoms with Gasteiger partial charge >= 0.3 is 0 Å². The Bertz CT molecular complexity index is 709. The minimum Gasteiger partial charge on any atom is -0.368 e. The fraction of sp³-hybridized carbons (Fsp3) is 0.652. The summed E-state index contributed by atoms with van der Waals surface area (Å²) in [6, 6.07) is 8.68. The lowest BCUT2D eigenvalue weighted by Crippen LogP contribution is -2.55. The lowest BCUT2D eigenvalue weighted by Gasteiger charge is -2.37. The molecule has 1 aromatic rings.